The number of benzene rings is 1. The maximum Gasteiger partial charge on any atom is 0.0271 e. The lowest BCUT2D eigenvalue weighted by Gasteiger charge is -2.18. The van der Waals surface area contributed by atoms with Gasteiger partial charge in [-0.05, 0) is 48.4 Å². The average Bonchev–Trinajstić information content (AvgIpc) is 2.26. The van der Waals surface area contributed by atoms with Gasteiger partial charge < -0.3 is 5.73 Å². The van der Waals surface area contributed by atoms with Gasteiger partial charge in [-0.3, -0.25) is 0 Å². The highest BCUT2D eigenvalue weighted by Crippen LogP contribution is 2.24. The van der Waals surface area contributed by atoms with Gasteiger partial charge in [0.1, 0.15) is 0 Å². The van der Waals surface area contributed by atoms with Crippen LogP contribution < -0.4 is 5.73 Å². The molecule has 0 amide bonds. The summed E-state index contributed by atoms with van der Waals surface area (Å²) in [4.78, 5) is 0. The quantitative estimate of drug-likeness (QED) is 0.801. The molecule has 0 aliphatic rings. The van der Waals surface area contributed by atoms with E-state index in [1.165, 1.54) is 22.3 Å². The predicted molar refractivity (Wildman–Crippen MR) is 67.2 cm³/mol. The fourth-order valence-corrected chi connectivity index (χ4v) is 2.22. The van der Waals surface area contributed by atoms with Crippen LogP contribution in [-0.4, -0.2) is 0 Å². The van der Waals surface area contributed by atoms with Crippen LogP contribution in [-0.2, 0) is 19.3 Å². The molecule has 1 heteroatoms. The molecule has 0 bridgehead atoms. The van der Waals surface area contributed by atoms with Crippen molar-refractivity contribution in [3.63, 3.8) is 0 Å². The molecule has 0 saturated carbocycles. The Kier molecular flexibility index (Phi) is 4.34. The van der Waals surface area contributed by atoms with E-state index in [1.54, 1.807) is 0 Å². The van der Waals surface area contributed by atoms with E-state index in [-0.39, 0.29) is 6.04 Å². The van der Waals surface area contributed by atoms with Crippen LogP contribution >= 0.6 is 0 Å². The molecule has 0 heterocycles. The summed E-state index contributed by atoms with van der Waals surface area (Å²) in [7, 11) is 0. The third-order valence-corrected chi connectivity index (χ3v) is 3.04. The molecule has 2 N–H and O–H groups in total. The molecule has 84 valence electrons. The second-order valence-corrected chi connectivity index (χ2v) is 4.18. The van der Waals surface area contributed by atoms with Gasteiger partial charge in [0.2, 0.25) is 0 Å². The Morgan fingerprint density at radius 1 is 1.00 bits per heavy atom. The molecule has 0 aliphatic carbocycles. The lowest BCUT2D eigenvalue weighted by molar-refractivity contribution is 0.781. The smallest absolute Gasteiger partial charge is 0.0271 e. The van der Waals surface area contributed by atoms with Crippen LogP contribution in [0.5, 0.6) is 0 Å². The SMILES string of the molecule is CCc1cc(CC)c([C@@H](C)N)c(CC)c1. The normalized spacial score (nSPS) is 12.9. The van der Waals surface area contributed by atoms with Crippen molar-refractivity contribution in [1.82, 2.24) is 0 Å². The molecule has 0 aromatic heterocycles. The Morgan fingerprint density at radius 3 is 1.73 bits per heavy atom. The highest BCUT2D eigenvalue weighted by Gasteiger charge is 2.11. The number of rotatable bonds is 4. The Morgan fingerprint density at radius 2 is 1.47 bits per heavy atom. The molecule has 1 atom stereocenters. The molecular formula is C14H23N. The van der Waals surface area contributed by atoms with Crippen LogP contribution in [0.25, 0.3) is 0 Å². The van der Waals surface area contributed by atoms with E-state index in [9.17, 15) is 0 Å². The maximum absolute atomic E-state index is 6.06. The zero-order valence-corrected chi connectivity index (χ0v) is 10.4. The van der Waals surface area contributed by atoms with Crippen molar-refractivity contribution in [3.05, 3.63) is 34.4 Å². The number of aryl methyl sites for hydroxylation is 3. The highest BCUT2D eigenvalue weighted by molar-refractivity contribution is 5.41. The van der Waals surface area contributed by atoms with E-state index in [1.807, 2.05) is 0 Å². The molecule has 1 aromatic rings. The van der Waals surface area contributed by atoms with Crippen molar-refractivity contribution in [2.75, 3.05) is 0 Å². The molecular weight excluding hydrogens is 182 g/mol. The van der Waals surface area contributed by atoms with Gasteiger partial charge in [-0.2, -0.15) is 0 Å². The Balaban J connectivity index is 3.32. The van der Waals surface area contributed by atoms with Crippen molar-refractivity contribution in [1.29, 1.82) is 0 Å². The summed E-state index contributed by atoms with van der Waals surface area (Å²) in [5.74, 6) is 0. The van der Waals surface area contributed by atoms with Gasteiger partial charge in [-0.15, -0.1) is 0 Å². The summed E-state index contributed by atoms with van der Waals surface area (Å²) in [6, 6.07) is 4.79. The van der Waals surface area contributed by atoms with Gasteiger partial charge in [-0.25, -0.2) is 0 Å². The lowest BCUT2D eigenvalue weighted by atomic mass is 9.90. The summed E-state index contributed by atoms with van der Waals surface area (Å²) in [5, 5.41) is 0. The first-order chi connectivity index (χ1) is 7.13. The molecule has 0 saturated heterocycles. The lowest BCUT2D eigenvalue weighted by Crippen LogP contribution is -2.12. The molecule has 1 nitrogen and oxygen atoms in total. The molecule has 0 fully saturated rings. The van der Waals surface area contributed by atoms with E-state index < -0.39 is 0 Å². The van der Waals surface area contributed by atoms with Crippen LogP contribution in [0.15, 0.2) is 12.1 Å². The van der Waals surface area contributed by atoms with Crippen molar-refractivity contribution in [3.8, 4) is 0 Å². The first-order valence-corrected chi connectivity index (χ1v) is 6.04. The molecule has 1 rings (SSSR count). The minimum absolute atomic E-state index is 0.154. The largest absolute Gasteiger partial charge is 0.324 e. The summed E-state index contributed by atoms with van der Waals surface area (Å²) in [6.07, 6.45) is 3.27. The van der Waals surface area contributed by atoms with E-state index in [0.29, 0.717) is 0 Å². The van der Waals surface area contributed by atoms with Crippen LogP contribution in [0.2, 0.25) is 0 Å². The zero-order valence-electron chi connectivity index (χ0n) is 10.4. The summed E-state index contributed by atoms with van der Waals surface area (Å²) in [6.45, 7) is 8.71. The monoisotopic (exact) mass is 205 g/mol. The van der Waals surface area contributed by atoms with E-state index >= 15 is 0 Å². The second kappa shape index (κ2) is 5.32. The van der Waals surface area contributed by atoms with Gasteiger partial charge in [0, 0.05) is 6.04 Å². The van der Waals surface area contributed by atoms with E-state index in [4.69, 9.17) is 5.73 Å². The third-order valence-electron chi connectivity index (χ3n) is 3.04. The van der Waals surface area contributed by atoms with Crippen LogP contribution in [0, 0.1) is 0 Å². The second-order valence-electron chi connectivity index (χ2n) is 4.18. The van der Waals surface area contributed by atoms with Gasteiger partial charge >= 0.3 is 0 Å². The molecule has 1 aromatic carbocycles. The van der Waals surface area contributed by atoms with Gasteiger partial charge in [0.15, 0.2) is 0 Å². The third kappa shape index (κ3) is 2.60. The predicted octanol–water partition coefficient (Wildman–Crippen LogP) is 3.39. The minimum Gasteiger partial charge on any atom is -0.324 e. The Bertz CT molecular complexity index is 301. The molecule has 0 spiro atoms. The Labute approximate surface area is 93.7 Å². The van der Waals surface area contributed by atoms with Gasteiger partial charge in [0.05, 0.1) is 0 Å². The standard InChI is InChI=1S/C14H23N/c1-5-11-8-12(6-2)14(10(4)15)13(7-3)9-11/h8-10H,5-7,15H2,1-4H3/t10-/m1/s1. The Hall–Kier alpha value is -0.820. The fourth-order valence-electron chi connectivity index (χ4n) is 2.22. The molecule has 0 aliphatic heterocycles. The van der Waals surface area contributed by atoms with E-state index in [0.717, 1.165) is 19.3 Å². The van der Waals surface area contributed by atoms with Gasteiger partial charge in [0.25, 0.3) is 0 Å². The topological polar surface area (TPSA) is 26.0 Å². The van der Waals surface area contributed by atoms with E-state index in [2.05, 4.69) is 39.8 Å². The van der Waals surface area contributed by atoms with Crippen molar-refractivity contribution < 1.29 is 0 Å². The maximum atomic E-state index is 6.06. The van der Waals surface area contributed by atoms with Crippen molar-refractivity contribution in [2.45, 2.75) is 53.0 Å². The summed E-state index contributed by atoms with van der Waals surface area (Å²) < 4.78 is 0. The number of nitrogens with two attached hydrogens (primary N) is 1. The molecule has 0 radical (unpaired) electrons. The van der Waals surface area contributed by atoms with Crippen molar-refractivity contribution in [2.24, 2.45) is 5.73 Å². The van der Waals surface area contributed by atoms with Crippen LogP contribution in [0.3, 0.4) is 0 Å². The number of hydrogen-bond acceptors (Lipinski definition) is 1. The molecule has 0 unspecified atom stereocenters. The van der Waals surface area contributed by atoms with Crippen LogP contribution in [0.1, 0.15) is 56.0 Å². The number of hydrogen-bond donors (Lipinski definition) is 1. The highest BCUT2D eigenvalue weighted by atomic mass is 14.6. The summed E-state index contributed by atoms with van der Waals surface area (Å²) >= 11 is 0. The minimum atomic E-state index is 0.154. The first kappa shape index (κ1) is 12.3. The molecule has 15 heavy (non-hydrogen) atoms. The zero-order chi connectivity index (χ0) is 11.4. The van der Waals surface area contributed by atoms with Gasteiger partial charge in [-0.1, -0.05) is 32.9 Å². The summed E-state index contributed by atoms with van der Waals surface area (Å²) in [5.41, 5.74) is 11.7. The first-order valence-electron chi connectivity index (χ1n) is 6.04. The average molecular weight is 205 g/mol. The van der Waals surface area contributed by atoms with Crippen molar-refractivity contribution >= 4 is 0 Å². The fraction of sp³-hybridized carbons (Fsp3) is 0.571. The van der Waals surface area contributed by atoms with Crippen LogP contribution in [0.4, 0.5) is 0 Å².